The number of anilines is 3. The number of aryl methyl sites for hydroxylation is 2. The Morgan fingerprint density at radius 1 is 0.438 bits per heavy atom. The van der Waals surface area contributed by atoms with E-state index >= 15 is 0 Å². The first kappa shape index (κ1) is 46.0. The Bertz CT molecular complexity index is 4040. The quantitative estimate of drug-likeness (QED) is 0.157. The molecule has 364 valence electrons. The topological polar surface area (TPSA) is 13.1 Å². The maximum absolute atomic E-state index is 2.70. The molecule has 3 aliphatic rings. The Kier molecular flexibility index (Phi) is 9.28. The minimum atomic E-state index is -0.172. The van der Waals surface area contributed by atoms with Crippen LogP contribution in [0.2, 0.25) is 0 Å². The Morgan fingerprint density at radius 3 is 1.75 bits per heavy atom. The van der Waals surface area contributed by atoms with Crippen molar-refractivity contribution in [3.63, 3.8) is 0 Å². The zero-order valence-electron chi connectivity index (χ0n) is 46.1. The van der Waals surface area contributed by atoms with E-state index in [1.54, 1.807) is 0 Å². The number of rotatable bonds is 2. The molecule has 0 saturated carbocycles. The van der Waals surface area contributed by atoms with Crippen molar-refractivity contribution in [2.45, 2.75) is 138 Å². The molecule has 0 N–H and O–H groups in total. The molecule has 0 bridgehead atoms. The van der Waals surface area contributed by atoms with E-state index in [-0.39, 0.29) is 33.8 Å². The van der Waals surface area contributed by atoms with Crippen molar-refractivity contribution in [2.75, 3.05) is 4.90 Å². The van der Waals surface area contributed by atoms with Crippen LogP contribution in [-0.2, 0) is 27.1 Å². The van der Waals surface area contributed by atoms with Crippen LogP contribution in [0.1, 0.15) is 141 Å². The molecule has 13 rings (SSSR count). The molecule has 2 aromatic heterocycles. The van der Waals surface area contributed by atoms with Crippen LogP contribution >= 0.6 is 0 Å². The summed E-state index contributed by atoms with van der Waals surface area (Å²) in [6.07, 6.45) is 0. The van der Waals surface area contributed by atoms with Gasteiger partial charge in [0.25, 0.3) is 6.71 Å². The van der Waals surface area contributed by atoms with Gasteiger partial charge in [0.15, 0.2) is 0 Å². The number of hydrogen-bond donors (Lipinski definition) is 0. The van der Waals surface area contributed by atoms with Crippen LogP contribution in [0.5, 0.6) is 0 Å². The van der Waals surface area contributed by atoms with Crippen molar-refractivity contribution >= 4 is 83.8 Å². The van der Waals surface area contributed by atoms with Crippen LogP contribution in [-0.4, -0.2) is 15.8 Å². The van der Waals surface area contributed by atoms with Gasteiger partial charge in [-0.3, -0.25) is 0 Å². The summed E-state index contributed by atoms with van der Waals surface area (Å²) in [5, 5.41) is 5.32. The Labute approximate surface area is 434 Å². The number of nitrogens with zero attached hydrogens (tertiary/aromatic N) is 3. The molecule has 8 aromatic carbocycles. The monoisotopic (exact) mass is 952 g/mol. The number of benzene rings is 8. The average molecular weight is 952 g/mol. The first-order chi connectivity index (χ1) is 34.3. The lowest BCUT2D eigenvalue weighted by Crippen LogP contribution is -2.60. The lowest BCUT2D eigenvalue weighted by molar-refractivity contribution is 0.590. The van der Waals surface area contributed by atoms with Gasteiger partial charge >= 0.3 is 0 Å². The highest BCUT2D eigenvalue weighted by Crippen LogP contribution is 2.53. The van der Waals surface area contributed by atoms with Crippen molar-refractivity contribution in [1.29, 1.82) is 0 Å². The third-order valence-electron chi connectivity index (χ3n) is 17.5. The second kappa shape index (κ2) is 14.7. The van der Waals surface area contributed by atoms with Crippen molar-refractivity contribution in [3.05, 3.63) is 178 Å². The molecule has 4 heteroatoms. The third kappa shape index (κ3) is 6.38. The molecular formula is C69H70BN3. The van der Waals surface area contributed by atoms with E-state index in [1.807, 2.05) is 0 Å². The smallest absolute Gasteiger partial charge is 0.252 e. The first-order valence-electron chi connectivity index (χ1n) is 26.9. The highest BCUT2D eigenvalue weighted by atomic mass is 15.2. The van der Waals surface area contributed by atoms with Crippen LogP contribution in [0.3, 0.4) is 0 Å². The highest BCUT2D eigenvalue weighted by Gasteiger charge is 2.46. The Balaban J connectivity index is 1.24. The lowest BCUT2D eigenvalue weighted by Gasteiger charge is -2.42. The minimum Gasteiger partial charge on any atom is -0.311 e. The van der Waals surface area contributed by atoms with Gasteiger partial charge < -0.3 is 14.0 Å². The van der Waals surface area contributed by atoms with E-state index in [9.17, 15) is 0 Å². The summed E-state index contributed by atoms with van der Waals surface area (Å²) < 4.78 is 5.29. The summed E-state index contributed by atoms with van der Waals surface area (Å²) in [7, 11) is 0. The van der Waals surface area contributed by atoms with Gasteiger partial charge in [-0.2, -0.15) is 0 Å². The second-order valence-electron chi connectivity index (χ2n) is 26.8. The predicted octanol–water partition coefficient (Wildman–Crippen LogP) is 16.6. The molecule has 0 fully saturated rings. The molecule has 0 amide bonds. The fourth-order valence-corrected chi connectivity index (χ4v) is 13.5. The molecule has 4 heterocycles. The Hall–Kier alpha value is -6.78. The van der Waals surface area contributed by atoms with Gasteiger partial charge in [-0.05, 0) is 156 Å². The molecule has 0 atom stereocenters. The van der Waals surface area contributed by atoms with Gasteiger partial charge in [0.2, 0.25) is 0 Å². The molecule has 0 spiro atoms. The molecular weight excluding hydrogens is 882 g/mol. The first-order valence-corrected chi connectivity index (χ1v) is 26.9. The molecule has 0 unspecified atom stereocenters. The zero-order chi connectivity index (χ0) is 51.4. The van der Waals surface area contributed by atoms with Crippen LogP contribution in [0.25, 0.3) is 66.1 Å². The van der Waals surface area contributed by atoms with Crippen LogP contribution in [0.15, 0.2) is 133 Å². The molecule has 0 saturated heterocycles. The summed E-state index contributed by atoms with van der Waals surface area (Å²) >= 11 is 0. The molecule has 2 aliphatic heterocycles. The number of para-hydroxylation sites is 1. The fourth-order valence-electron chi connectivity index (χ4n) is 13.5. The number of hydrogen-bond acceptors (Lipinski definition) is 1. The maximum atomic E-state index is 2.70. The number of fused-ring (bicyclic) bond motifs is 14. The maximum Gasteiger partial charge on any atom is 0.252 e. The summed E-state index contributed by atoms with van der Waals surface area (Å²) in [6.45, 7) is 37.8. The fraction of sp³-hybridized carbons (Fsp3) is 0.304. The van der Waals surface area contributed by atoms with E-state index in [1.165, 1.54) is 144 Å². The largest absolute Gasteiger partial charge is 0.311 e. The average Bonchev–Trinajstić information content (AvgIpc) is 3.93. The van der Waals surface area contributed by atoms with E-state index < -0.39 is 0 Å². The number of aromatic nitrogens is 2. The van der Waals surface area contributed by atoms with E-state index in [0.717, 1.165) is 0 Å². The lowest BCUT2D eigenvalue weighted by atomic mass is 9.33. The van der Waals surface area contributed by atoms with Gasteiger partial charge in [0.05, 0.1) is 27.8 Å². The molecule has 1 aliphatic carbocycles. The normalized spacial score (nSPS) is 14.9. The summed E-state index contributed by atoms with van der Waals surface area (Å²) in [5.41, 5.74) is 28.6. The van der Waals surface area contributed by atoms with Crippen molar-refractivity contribution in [2.24, 2.45) is 0 Å². The van der Waals surface area contributed by atoms with Gasteiger partial charge in [-0.1, -0.05) is 182 Å². The van der Waals surface area contributed by atoms with Gasteiger partial charge in [0, 0.05) is 49.7 Å². The minimum absolute atomic E-state index is 0.00722. The van der Waals surface area contributed by atoms with Crippen molar-refractivity contribution in [1.82, 2.24) is 9.13 Å². The zero-order valence-corrected chi connectivity index (χ0v) is 46.1. The SMILES string of the molecule is Cc1cccc(C)c1-n1c2cc(C(C)(C)C)ccc2c2cc3c(cc21)N(c1ccc2c(c1)C(C)(C)c1ccccc1-2)c1cc(C(C)(C)C)c2c4cc(C(C)(C)C)ccc4n4c2c1B3c1cc(C(C)(C)C)ccc1-4. The second-order valence-corrected chi connectivity index (χ2v) is 26.8. The third-order valence-corrected chi connectivity index (χ3v) is 17.5. The van der Waals surface area contributed by atoms with Crippen LogP contribution in [0, 0.1) is 13.8 Å². The van der Waals surface area contributed by atoms with Crippen molar-refractivity contribution < 1.29 is 0 Å². The van der Waals surface area contributed by atoms with Gasteiger partial charge in [0.1, 0.15) is 0 Å². The molecule has 10 aromatic rings. The summed E-state index contributed by atoms with van der Waals surface area (Å²) in [5.74, 6) is 0. The van der Waals surface area contributed by atoms with Crippen LogP contribution in [0.4, 0.5) is 17.1 Å². The van der Waals surface area contributed by atoms with E-state index in [0.29, 0.717) is 0 Å². The van der Waals surface area contributed by atoms with Gasteiger partial charge in [-0.15, -0.1) is 0 Å². The van der Waals surface area contributed by atoms with E-state index in [2.05, 4.69) is 258 Å². The van der Waals surface area contributed by atoms with Crippen molar-refractivity contribution in [3.8, 4) is 22.5 Å². The molecule has 73 heavy (non-hydrogen) atoms. The molecule has 0 radical (unpaired) electrons. The summed E-state index contributed by atoms with van der Waals surface area (Å²) in [6, 6.07) is 53.2. The van der Waals surface area contributed by atoms with Crippen LogP contribution < -0.4 is 21.3 Å². The highest BCUT2D eigenvalue weighted by molar-refractivity contribution is 7.00. The summed E-state index contributed by atoms with van der Waals surface area (Å²) in [4.78, 5) is 2.70. The predicted molar refractivity (Wildman–Crippen MR) is 316 cm³/mol. The Morgan fingerprint density at radius 2 is 1.05 bits per heavy atom. The van der Waals surface area contributed by atoms with E-state index in [4.69, 9.17) is 0 Å². The van der Waals surface area contributed by atoms with Gasteiger partial charge in [-0.25, -0.2) is 0 Å². The molecule has 3 nitrogen and oxygen atoms in total. The standard InChI is InChI=1S/C69H70BN3/c1-39-20-19-21-40(2)63(39)73-57-34-43(67(9,10)11)24-28-47(57)48-36-54-59(38-58(48)73)71(44-27-29-46-45-22-17-18-23-50(45)69(15,16)51(46)35-44)60-37-52(68(12,13)14)61-49-32-41(65(3,4)5)25-30-55(49)72-56-31-26-42(66(6,7)8)33-53(56)70(54)62(60)64(61)72/h17-38H,1-16H3.